The van der Waals surface area contributed by atoms with Crippen molar-refractivity contribution in [2.75, 3.05) is 6.61 Å². The topological polar surface area (TPSA) is 42.1 Å². The summed E-state index contributed by atoms with van der Waals surface area (Å²) < 4.78 is 33.2. The van der Waals surface area contributed by atoms with E-state index >= 15 is 0 Å². The Morgan fingerprint density at radius 1 is 0.963 bits per heavy atom. The molecule has 1 aromatic carbocycles. The number of esters is 1. The molecule has 0 unspecified atom stereocenters. The lowest BCUT2D eigenvalue weighted by Crippen LogP contribution is -2.06. The Kier molecular flexibility index (Phi) is 8.49. The highest BCUT2D eigenvalue weighted by Gasteiger charge is 2.19. The summed E-state index contributed by atoms with van der Waals surface area (Å²) in [5.41, 5.74) is 1.13. The molecule has 0 bridgehead atoms. The number of carbonyl (C=O) groups is 1. The second kappa shape index (κ2) is 10.9. The lowest BCUT2D eigenvalue weighted by atomic mass is 10.0. The van der Waals surface area contributed by atoms with Crippen molar-refractivity contribution in [3.05, 3.63) is 47.2 Å². The summed E-state index contributed by atoms with van der Waals surface area (Å²) in [5, 5.41) is 0. The first kappa shape index (κ1) is 21.1. The number of rotatable bonds is 11. The fraction of sp³-hybridized carbons (Fsp3) is 0.500. The molecule has 0 saturated heterocycles. The summed E-state index contributed by atoms with van der Waals surface area (Å²) in [6.45, 7) is 4.00. The fourth-order valence-corrected chi connectivity index (χ4v) is 3.15. The van der Waals surface area contributed by atoms with E-state index in [-0.39, 0.29) is 23.6 Å². The third-order valence-electron chi connectivity index (χ3n) is 4.64. The van der Waals surface area contributed by atoms with Gasteiger partial charge in [0, 0.05) is 11.6 Å². The molecule has 148 valence electrons. The van der Waals surface area contributed by atoms with Crippen LogP contribution in [0.15, 0.2) is 24.3 Å². The van der Waals surface area contributed by atoms with Gasteiger partial charge in [0.15, 0.2) is 11.5 Å². The van der Waals surface area contributed by atoms with E-state index in [0.29, 0.717) is 0 Å². The first-order valence-electron chi connectivity index (χ1n) is 9.91. The number of aryl methyl sites for hydroxylation is 1. The molecule has 0 aliphatic rings. The summed E-state index contributed by atoms with van der Waals surface area (Å²) in [6, 6.07) is 6.11. The smallest absolute Gasteiger partial charge is 0.357 e. The van der Waals surface area contributed by atoms with Crippen LogP contribution in [0.4, 0.5) is 8.78 Å². The van der Waals surface area contributed by atoms with Crippen LogP contribution in [0.1, 0.15) is 74.8 Å². The van der Waals surface area contributed by atoms with E-state index in [1.54, 1.807) is 13.0 Å². The van der Waals surface area contributed by atoms with Crippen LogP contribution in [-0.4, -0.2) is 17.6 Å². The van der Waals surface area contributed by atoms with Crippen molar-refractivity contribution in [2.24, 2.45) is 0 Å². The Morgan fingerprint density at radius 3 is 2.33 bits per heavy atom. The molecule has 0 fully saturated rings. The number of nitrogens with one attached hydrogen (secondary N) is 1. The molecular weight excluding hydrogens is 348 g/mol. The second-order valence-corrected chi connectivity index (χ2v) is 6.81. The number of hydrogen-bond donors (Lipinski definition) is 1. The summed E-state index contributed by atoms with van der Waals surface area (Å²) >= 11 is 0. The van der Waals surface area contributed by atoms with E-state index in [9.17, 15) is 13.6 Å². The predicted molar refractivity (Wildman–Crippen MR) is 104 cm³/mol. The van der Waals surface area contributed by atoms with Crippen molar-refractivity contribution in [3.63, 3.8) is 0 Å². The van der Waals surface area contributed by atoms with Crippen LogP contribution >= 0.6 is 0 Å². The van der Waals surface area contributed by atoms with Gasteiger partial charge in [-0.25, -0.2) is 13.6 Å². The third kappa shape index (κ3) is 6.19. The Hall–Kier alpha value is -2.17. The number of benzene rings is 1. The second-order valence-electron chi connectivity index (χ2n) is 6.81. The summed E-state index contributed by atoms with van der Waals surface area (Å²) in [7, 11) is 0. The number of aromatic amines is 1. The van der Waals surface area contributed by atoms with Crippen LogP contribution in [0.3, 0.4) is 0 Å². The zero-order valence-corrected chi connectivity index (χ0v) is 16.2. The van der Waals surface area contributed by atoms with Crippen LogP contribution in [0.25, 0.3) is 11.3 Å². The molecular formula is C22H29F2NO2. The zero-order chi connectivity index (χ0) is 19.6. The molecule has 1 aromatic heterocycles. The first-order chi connectivity index (χ1) is 13.1. The van der Waals surface area contributed by atoms with Crippen molar-refractivity contribution in [2.45, 2.75) is 65.2 Å². The normalized spacial score (nSPS) is 11.0. The molecule has 0 aliphatic heterocycles. The molecule has 0 atom stereocenters. The number of carbonyl (C=O) groups excluding carboxylic acids is 1. The van der Waals surface area contributed by atoms with Gasteiger partial charge in [0.05, 0.1) is 12.3 Å². The van der Waals surface area contributed by atoms with Crippen molar-refractivity contribution < 1.29 is 18.3 Å². The molecule has 1 heterocycles. The minimum atomic E-state index is -0.780. The molecule has 27 heavy (non-hydrogen) atoms. The average Bonchev–Trinajstić information content (AvgIpc) is 3.03. The number of H-pyrrole nitrogens is 1. The largest absolute Gasteiger partial charge is 0.461 e. The van der Waals surface area contributed by atoms with Crippen LogP contribution in [-0.2, 0) is 11.2 Å². The lowest BCUT2D eigenvalue weighted by Gasteiger charge is -2.06. The van der Waals surface area contributed by atoms with Gasteiger partial charge in [-0.3, -0.25) is 0 Å². The third-order valence-corrected chi connectivity index (χ3v) is 4.64. The van der Waals surface area contributed by atoms with Gasteiger partial charge >= 0.3 is 5.97 Å². The van der Waals surface area contributed by atoms with Gasteiger partial charge in [0.25, 0.3) is 0 Å². The molecule has 3 nitrogen and oxygen atoms in total. The molecule has 0 amide bonds. The fourth-order valence-electron chi connectivity index (χ4n) is 3.15. The number of unbranched alkanes of at least 4 members (excludes halogenated alkanes) is 6. The van der Waals surface area contributed by atoms with Crippen LogP contribution < -0.4 is 0 Å². The number of halogens is 2. The number of hydrogen-bond acceptors (Lipinski definition) is 2. The Balaban J connectivity index is 1.94. The molecule has 2 aromatic rings. The van der Waals surface area contributed by atoms with Gasteiger partial charge in [-0.1, -0.05) is 51.5 Å². The Bertz CT molecular complexity index is 740. The molecule has 5 heteroatoms. The quantitative estimate of drug-likeness (QED) is 0.362. The van der Waals surface area contributed by atoms with Crippen molar-refractivity contribution in [1.29, 1.82) is 0 Å². The minimum absolute atomic E-state index is 0.147. The van der Waals surface area contributed by atoms with Crippen molar-refractivity contribution >= 4 is 5.97 Å². The summed E-state index contributed by atoms with van der Waals surface area (Å²) in [5.74, 6) is -1.95. The Morgan fingerprint density at radius 2 is 1.67 bits per heavy atom. The van der Waals surface area contributed by atoms with Crippen LogP contribution in [0, 0.1) is 11.6 Å². The van der Waals surface area contributed by atoms with Gasteiger partial charge in [0.1, 0.15) is 5.82 Å². The number of aromatic nitrogens is 1. The molecule has 0 saturated carbocycles. The van der Waals surface area contributed by atoms with Crippen LogP contribution in [0.5, 0.6) is 0 Å². The summed E-state index contributed by atoms with van der Waals surface area (Å²) in [4.78, 5) is 14.3. The van der Waals surface area contributed by atoms with E-state index in [1.807, 2.05) is 6.07 Å². The van der Waals surface area contributed by atoms with Crippen LogP contribution in [0.2, 0.25) is 0 Å². The number of ether oxygens (including phenoxy) is 1. The molecule has 0 spiro atoms. The van der Waals surface area contributed by atoms with Gasteiger partial charge in [-0.2, -0.15) is 0 Å². The van der Waals surface area contributed by atoms with E-state index in [2.05, 4.69) is 11.9 Å². The average molecular weight is 377 g/mol. The Labute approximate surface area is 160 Å². The van der Waals surface area contributed by atoms with E-state index in [0.717, 1.165) is 30.9 Å². The van der Waals surface area contributed by atoms with Gasteiger partial charge in [-0.15, -0.1) is 0 Å². The first-order valence-corrected chi connectivity index (χ1v) is 9.91. The van der Waals surface area contributed by atoms with Gasteiger partial charge < -0.3 is 9.72 Å². The maximum Gasteiger partial charge on any atom is 0.357 e. The van der Waals surface area contributed by atoms with Gasteiger partial charge in [0.2, 0.25) is 0 Å². The maximum absolute atomic E-state index is 14.5. The highest BCUT2D eigenvalue weighted by atomic mass is 19.1. The van der Waals surface area contributed by atoms with Gasteiger partial charge in [-0.05, 0) is 37.5 Å². The SMILES string of the molecule is CCCCCCCCCc1ccc(-c2cc(F)c(C(=O)OCC)[nH]2)c(F)c1. The maximum atomic E-state index is 14.5. The molecule has 1 N–H and O–H groups in total. The van der Waals surface area contributed by atoms with E-state index < -0.39 is 17.6 Å². The lowest BCUT2D eigenvalue weighted by molar-refractivity contribution is 0.0515. The molecule has 2 rings (SSSR count). The highest BCUT2D eigenvalue weighted by molar-refractivity contribution is 5.89. The molecule has 0 aliphatic carbocycles. The zero-order valence-electron chi connectivity index (χ0n) is 16.2. The molecule has 0 radical (unpaired) electrons. The van der Waals surface area contributed by atoms with Crippen molar-refractivity contribution in [1.82, 2.24) is 4.98 Å². The van der Waals surface area contributed by atoms with E-state index in [4.69, 9.17) is 4.74 Å². The standard InChI is InChI=1S/C22H29F2NO2/c1-3-5-6-7-8-9-10-11-16-12-13-17(18(23)14-16)20-15-19(24)21(25-20)22(26)27-4-2/h12-15,25H,3-11H2,1-2H3. The van der Waals surface area contributed by atoms with E-state index in [1.165, 1.54) is 38.2 Å². The predicted octanol–water partition coefficient (Wildman–Crippen LogP) is 6.43. The minimum Gasteiger partial charge on any atom is -0.461 e. The summed E-state index contributed by atoms with van der Waals surface area (Å²) in [6.07, 6.45) is 9.34. The van der Waals surface area contributed by atoms with Crippen molar-refractivity contribution in [3.8, 4) is 11.3 Å². The highest BCUT2D eigenvalue weighted by Crippen LogP contribution is 2.26. The monoisotopic (exact) mass is 377 g/mol.